The summed E-state index contributed by atoms with van der Waals surface area (Å²) < 4.78 is 15.1. The predicted octanol–water partition coefficient (Wildman–Crippen LogP) is 0.0471. The third-order valence-electron chi connectivity index (χ3n) is 2.32. The van der Waals surface area contributed by atoms with Gasteiger partial charge in [0.15, 0.2) is 0 Å². The molecule has 3 aromatic rings. The van der Waals surface area contributed by atoms with Gasteiger partial charge in [0.05, 0.1) is 6.20 Å². The Kier molecular flexibility index (Phi) is 2.12. The number of hydrogen-bond acceptors (Lipinski definition) is 12. The molecule has 0 saturated carbocycles. The third-order valence-corrected chi connectivity index (χ3v) is 2.32. The molecule has 20 heavy (non-hydrogen) atoms. The third kappa shape index (κ3) is 1.48. The highest BCUT2D eigenvalue weighted by molar-refractivity contribution is 5.84. The van der Waals surface area contributed by atoms with Crippen molar-refractivity contribution in [1.29, 1.82) is 0 Å². The van der Waals surface area contributed by atoms with Gasteiger partial charge in [0.2, 0.25) is 12.8 Å². The van der Waals surface area contributed by atoms with Gasteiger partial charge in [0.25, 0.3) is 5.95 Å². The summed E-state index contributed by atoms with van der Waals surface area (Å²) in [6.45, 7) is 0. The van der Waals surface area contributed by atoms with E-state index in [1.807, 2.05) is 0 Å². The van der Waals surface area contributed by atoms with E-state index in [0.29, 0.717) is 0 Å². The summed E-state index contributed by atoms with van der Waals surface area (Å²) in [6, 6.07) is 0.316. The van der Waals surface area contributed by atoms with Crippen molar-refractivity contribution >= 4 is 24.3 Å². The lowest BCUT2D eigenvalue weighted by atomic mass is 10.9. The lowest BCUT2D eigenvalue weighted by Crippen LogP contribution is -2.47. The average Bonchev–Trinajstić information content (AvgIpc) is 3.23. The van der Waals surface area contributed by atoms with E-state index in [0.717, 1.165) is 0 Å². The van der Waals surface area contributed by atoms with Gasteiger partial charge >= 0.3 is 12.0 Å². The van der Waals surface area contributed by atoms with Crippen molar-refractivity contribution in [2.75, 3.05) is 15.2 Å². The average molecular weight is 275 g/mol. The molecule has 12 heteroatoms. The summed E-state index contributed by atoms with van der Waals surface area (Å²) in [5.41, 5.74) is 0. The second-order valence-electron chi connectivity index (χ2n) is 3.42. The first-order valence-corrected chi connectivity index (χ1v) is 5.29. The first-order valence-electron chi connectivity index (χ1n) is 5.29. The summed E-state index contributed by atoms with van der Waals surface area (Å²) in [5, 5.41) is 19.3. The lowest BCUT2D eigenvalue weighted by Gasteiger charge is -2.25. The molecule has 0 atom stereocenters. The maximum absolute atomic E-state index is 5.19. The van der Waals surface area contributed by atoms with E-state index < -0.39 is 0 Å². The highest BCUT2D eigenvalue weighted by Gasteiger charge is 2.36. The molecule has 0 aliphatic carbocycles. The highest BCUT2D eigenvalue weighted by atomic mass is 16.5. The van der Waals surface area contributed by atoms with Crippen LogP contribution in [0.1, 0.15) is 0 Å². The Bertz CT molecular complexity index is 647. The molecule has 0 N–H and O–H groups in total. The fourth-order valence-electron chi connectivity index (χ4n) is 1.56. The van der Waals surface area contributed by atoms with Gasteiger partial charge in [0.1, 0.15) is 12.6 Å². The molecule has 1 aliphatic rings. The van der Waals surface area contributed by atoms with Crippen LogP contribution in [-0.4, -0.2) is 31.7 Å². The van der Waals surface area contributed by atoms with Gasteiger partial charge in [-0.1, -0.05) is 10.2 Å². The molecule has 4 heterocycles. The molecule has 100 valence electrons. The zero-order valence-corrected chi connectivity index (χ0v) is 9.64. The highest BCUT2D eigenvalue weighted by Crippen LogP contribution is 2.26. The second kappa shape index (κ2) is 4.04. The quantitative estimate of drug-likeness (QED) is 0.643. The Balaban J connectivity index is 1.77. The van der Waals surface area contributed by atoms with E-state index in [4.69, 9.17) is 13.4 Å². The summed E-state index contributed by atoms with van der Waals surface area (Å²) in [7, 11) is 0. The molecule has 12 nitrogen and oxygen atoms in total. The lowest BCUT2D eigenvalue weighted by molar-refractivity contribution is 0.416. The Morgan fingerprint density at radius 2 is 2.05 bits per heavy atom. The number of anilines is 3. The first-order chi connectivity index (χ1) is 9.93. The summed E-state index contributed by atoms with van der Waals surface area (Å²) in [4.78, 5) is 7.92. The van der Waals surface area contributed by atoms with Crippen LogP contribution in [0.2, 0.25) is 0 Å². The summed E-state index contributed by atoms with van der Waals surface area (Å²) in [6.07, 6.45) is 6.67. The van der Waals surface area contributed by atoms with E-state index in [2.05, 4.69) is 30.4 Å². The van der Waals surface area contributed by atoms with Crippen molar-refractivity contribution in [2.24, 2.45) is 5.10 Å². The number of hydrazone groups is 1. The minimum Gasteiger partial charge on any atom is -0.430 e. The largest absolute Gasteiger partial charge is 0.430 e. The van der Waals surface area contributed by atoms with Crippen molar-refractivity contribution in [1.82, 2.24) is 25.3 Å². The summed E-state index contributed by atoms with van der Waals surface area (Å²) >= 11 is 0. The molecule has 0 radical (unpaired) electrons. The SMILES string of the molecule is C1=NN(c2ncco2)N(c2nnco2)N1c1ncon1. The zero-order chi connectivity index (χ0) is 13.4. The number of oxazole rings is 1. The minimum absolute atomic E-state index is 0.116. The molecular formula is C8H5N9O3. The van der Waals surface area contributed by atoms with Crippen molar-refractivity contribution in [3.63, 3.8) is 0 Å². The van der Waals surface area contributed by atoms with Gasteiger partial charge in [-0.2, -0.15) is 15.0 Å². The molecule has 3 aromatic heterocycles. The smallest absolute Gasteiger partial charge is 0.360 e. The molecule has 0 amide bonds. The van der Waals surface area contributed by atoms with Crippen LogP contribution in [0.25, 0.3) is 0 Å². The second-order valence-corrected chi connectivity index (χ2v) is 3.42. The zero-order valence-electron chi connectivity index (χ0n) is 9.64. The Morgan fingerprint density at radius 3 is 2.75 bits per heavy atom. The van der Waals surface area contributed by atoms with Crippen LogP contribution < -0.4 is 15.2 Å². The van der Waals surface area contributed by atoms with Crippen molar-refractivity contribution < 1.29 is 13.4 Å². The Hall–Kier alpha value is -3.44. The molecule has 4 rings (SSSR count). The van der Waals surface area contributed by atoms with Crippen LogP contribution in [0.15, 0.2) is 43.7 Å². The van der Waals surface area contributed by atoms with Gasteiger partial charge in [-0.15, -0.1) is 15.3 Å². The maximum atomic E-state index is 5.19. The van der Waals surface area contributed by atoms with Gasteiger partial charge < -0.3 is 13.4 Å². The molecule has 0 aromatic carbocycles. The maximum Gasteiger partial charge on any atom is 0.360 e. The van der Waals surface area contributed by atoms with Gasteiger partial charge in [-0.3, -0.25) is 0 Å². The number of rotatable bonds is 3. The Morgan fingerprint density at radius 1 is 1.05 bits per heavy atom. The van der Waals surface area contributed by atoms with E-state index in [9.17, 15) is 0 Å². The van der Waals surface area contributed by atoms with Crippen LogP contribution >= 0.6 is 0 Å². The Labute approximate surface area is 109 Å². The van der Waals surface area contributed by atoms with Crippen molar-refractivity contribution in [2.45, 2.75) is 0 Å². The molecule has 0 spiro atoms. The van der Waals surface area contributed by atoms with Crippen LogP contribution in [-0.2, 0) is 0 Å². The number of hydrogen-bond donors (Lipinski definition) is 0. The molecular weight excluding hydrogens is 270 g/mol. The normalized spacial score (nSPS) is 14.5. The van der Waals surface area contributed by atoms with Crippen molar-refractivity contribution in [3.8, 4) is 0 Å². The van der Waals surface area contributed by atoms with E-state index >= 15 is 0 Å². The first kappa shape index (κ1) is 10.5. The van der Waals surface area contributed by atoms with E-state index in [-0.39, 0.29) is 18.0 Å². The minimum atomic E-state index is 0.116. The van der Waals surface area contributed by atoms with E-state index in [1.54, 1.807) is 0 Å². The van der Waals surface area contributed by atoms with Crippen LogP contribution in [0.4, 0.5) is 18.0 Å². The molecule has 0 fully saturated rings. The van der Waals surface area contributed by atoms with Gasteiger partial charge in [-0.25, -0.2) is 0 Å². The monoisotopic (exact) mass is 275 g/mol. The molecule has 1 aliphatic heterocycles. The standard InChI is InChI=1S/C8H5N9O3/c1-2-18-7(9-1)16-12-3-15(6-10-4-20-14-6)17(16)8-13-11-5-19-8/h1-5H. The summed E-state index contributed by atoms with van der Waals surface area (Å²) in [5.74, 6) is 0.223. The number of hydrazine groups is 2. The fourth-order valence-corrected chi connectivity index (χ4v) is 1.56. The van der Waals surface area contributed by atoms with Crippen LogP contribution in [0.5, 0.6) is 0 Å². The van der Waals surface area contributed by atoms with Gasteiger partial charge in [0, 0.05) is 0 Å². The van der Waals surface area contributed by atoms with E-state index in [1.165, 1.54) is 46.8 Å². The predicted molar refractivity (Wildman–Crippen MR) is 61.0 cm³/mol. The molecule has 0 saturated heterocycles. The van der Waals surface area contributed by atoms with Gasteiger partial charge in [-0.05, 0) is 5.16 Å². The fraction of sp³-hybridized carbons (Fsp3) is 0. The molecule has 0 bridgehead atoms. The van der Waals surface area contributed by atoms with Crippen LogP contribution in [0, 0.1) is 0 Å². The molecule has 0 unspecified atom stereocenters. The topological polar surface area (TPSA) is 126 Å². The van der Waals surface area contributed by atoms with Crippen molar-refractivity contribution in [3.05, 3.63) is 25.2 Å². The van der Waals surface area contributed by atoms with Crippen LogP contribution in [0.3, 0.4) is 0 Å². The number of aromatic nitrogens is 5. The number of nitrogens with zero attached hydrogens (tertiary/aromatic N) is 9.